The van der Waals surface area contributed by atoms with Crippen molar-refractivity contribution in [3.63, 3.8) is 0 Å². The molecule has 7 nitrogen and oxygen atoms in total. The van der Waals surface area contributed by atoms with Gasteiger partial charge in [-0.15, -0.1) is 11.8 Å². The highest BCUT2D eigenvalue weighted by atomic mass is 32.2. The van der Waals surface area contributed by atoms with Crippen LogP contribution in [0.25, 0.3) is 23.0 Å². The molecule has 0 fully saturated rings. The van der Waals surface area contributed by atoms with Crippen LogP contribution in [0.15, 0.2) is 58.2 Å². The summed E-state index contributed by atoms with van der Waals surface area (Å²) in [6.07, 6.45) is 5.58. The van der Waals surface area contributed by atoms with Gasteiger partial charge in [0.1, 0.15) is 5.03 Å². The number of anilines is 1. The maximum atomic E-state index is 6.20. The van der Waals surface area contributed by atoms with Crippen LogP contribution in [-0.2, 0) is 13.0 Å². The van der Waals surface area contributed by atoms with Crippen molar-refractivity contribution in [2.45, 2.75) is 24.4 Å². The molecule has 0 spiro atoms. The number of nitrogens with one attached hydrogen (secondary N) is 1. The van der Waals surface area contributed by atoms with Gasteiger partial charge in [0.25, 0.3) is 0 Å². The van der Waals surface area contributed by atoms with Crippen LogP contribution in [0, 0.1) is 0 Å². The lowest BCUT2D eigenvalue weighted by molar-refractivity contribution is 0.542. The molecule has 0 aliphatic carbocycles. The van der Waals surface area contributed by atoms with Crippen molar-refractivity contribution in [3.8, 4) is 23.0 Å². The number of nitrogen functional groups attached to an aromatic ring is 1. The van der Waals surface area contributed by atoms with Gasteiger partial charge in [0.2, 0.25) is 0 Å². The minimum absolute atomic E-state index is 0.434. The Morgan fingerprint density at radius 3 is 2.78 bits per heavy atom. The Morgan fingerprint density at radius 1 is 1.19 bits per heavy atom. The second-order valence-electron chi connectivity index (χ2n) is 6.07. The van der Waals surface area contributed by atoms with Gasteiger partial charge in [-0.3, -0.25) is 9.78 Å². The fraction of sp³-hybridized carbons (Fsp3) is 0.211. The molecule has 0 aliphatic rings. The van der Waals surface area contributed by atoms with Crippen LogP contribution in [0.1, 0.15) is 12.0 Å². The second-order valence-corrected chi connectivity index (χ2v) is 6.86. The summed E-state index contributed by atoms with van der Waals surface area (Å²) in [5.41, 5.74) is 8.28. The molecule has 27 heavy (non-hydrogen) atoms. The molecule has 0 aliphatic heterocycles. The number of thioether (sulfide) groups is 1. The van der Waals surface area contributed by atoms with Crippen molar-refractivity contribution in [2.75, 3.05) is 12.0 Å². The molecule has 4 rings (SSSR count). The van der Waals surface area contributed by atoms with Gasteiger partial charge in [-0.1, -0.05) is 30.3 Å². The smallest absolute Gasteiger partial charge is 0.192 e. The van der Waals surface area contributed by atoms with E-state index in [0.29, 0.717) is 23.2 Å². The number of hydrogen-bond acceptors (Lipinski definition) is 6. The summed E-state index contributed by atoms with van der Waals surface area (Å²) in [7, 11) is 0. The number of nitrogens with two attached hydrogens (primary N) is 1. The third kappa shape index (κ3) is 3.61. The lowest BCUT2D eigenvalue weighted by atomic mass is 10.1. The molecule has 0 radical (unpaired) electrons. The zero-order chi connectivity index (χ0) is 18.6. The fourth-order valence-electron chi connectivity index (χ4n) is 3.01. The maximum absolute atomic E-state index is 6.20. The van der Waals surface area contributed by atoms with Crippen molar-refractivity contribution >= 4 is 17.6 Å². The van der Waals surface area contributed by atoms with Gasteiger partial charge < -0.3 is 10.2 Å². The van der Waals surface area contributed by atoms with Gasteiger partial charge in [-0.25, -0.2) is 4.98 Å². The minimum atomic E-state index is 0.434. The maximum Gasteiger partial charge on any atom is 0.192 e. The highest BCUT2D eigenvalue weighted by Crippen LogP contribution is 2.34. The van der Waals surface area contributed by atoms with E-state index < -0.39 is 0 Å². The third-order valence-corrected chi connectivity index (χ3v) is 5.07. The average molecular weight is 380 g/mol. The fourth-order valence-corrected chi connectivity index (χ4v) is 3.75. The van der Waals surface area contributed by atoms with E-state index in [2.05, 4.69) is 44.5 Å². The average Bonchev–Trinajstić information content (AvgIpc) is 3.42. The molecule has 3 N–H and O–H groups in total. The van der Waals surface area contributed by atoms with E-state index in [9.17, 15) is 0 Å². The highest BCUT2D eigenvalue weighted by molar-refractivity contribution is 7.98. The zero-order valence-corrected chi connectivity index (χ0v) is 15.7. The van der Waals surface area contributed by atoms with Crippen molar-refractivity contribution in [2.24, 2.45) is 0 Å². The normalized spacial score (nSPS) is 11.1. The third-order valence-electron chi connectivity index (χ3n) is 4.27. The van der Waals surface area contributed by atoms with E-state index in [-0.39, 0.29) is 0 Å². The zero-order valence-electron chi connectivity index (χ0n) is 14.9. The summed E-state index contributed by atoms with van der Waals surface area (Å²) in [6.45, 7) is 0.782. The quantitative estimate of drug-likeness (QED) is 0.472. The molecule has 8 heteroatoms. The van der Waals surface area contributed by atoms with Crippen LogP contribution in [-0.4, -0.2) is 31.2 Å². The van der Waals surface area contributed by atoms with E-state index in [1.165, 1.54) is 5.56 Å². The van der Waals surface area contributed by atoms with Crippen molar-refractivity contribution < 1.29 is 4.42 Å². The second kappa shape index (κ2) is 7.71. The van der Waals surface area contributed by atoms with Gasteiger partial charge >= 0.3 is 0 Å². The molecule has 3 aromatic heterocycles. The summed E-state index contributed by atoms with van der Waals surface area (Å²) >= 11 is 1.59. The van der Waals surface area contributed by atoms with Crippen molar-refractivity contribution in [1.82, 2.24) is 25.0 Å². The number of hydrogen-bond donors (Lipinski definition) is 2. The van der Waals surface area contributed by atoms with Gasteiger partial charge in [0, 0.05) is 6.54 Å². The molecule has 0 saturated carbocycles. The van der Waals surface area contributed by atoms with Gasteiger partial charge in [-0.05, 0) is 36.8 Å². The number of nitrogens with zero attached hydrogens (tertiary/aromatic N) is 4. The van der Waals surface area contributed by atoms with E-state index in [0.717, 1.165) is 30.0 Å². The van der Waals surface area contributed by atoms with Crippen LogP contribution in [0.5, 0.6) is 0 Å². The predicted octanol–water partition coefficient (Wildman–Crippen LogP) is 3.87. The Labute approximate surface area is 161 Å². The van der Waals surface area contributed by atoms with E-state index in [1.54, 1.807) is 18.0 Å². The number of aromatic amines is 1. The number of aryl methyl sites for hydroxylation is 2. The van der Waals surface area contributed by atoms with E-state index in [1.807, 2.05) is 29.1 Å². The lowest BCUT2D eigenvalue weighted by Crippen LogP contribution is -2.03. The standard InChI is InChI=1S/C19H20N6OS/c1-27-19-15(18-21-17(22-23-18)14-10-6-12-26-14)16(20)24-25(19)11-5-9-13-7-3-2-4-8-13/h2-4,6-8,10,12H,5,9,11H2,1H3,(H2,20,24)(H,21,22,23). The van der Waals surface area contributed by atoms with Crippen LogP contribution < -0.4 is 5.73 Å². The van der Waals surface area contributed by atoms with E-state index >= 15 is 0 Å². The molecule has 0 saturated heterocycles. The number of rotatable bonds is 7. The lowest BCUT2D eigenvalue weighted by Gasteiger charge is -2.06. The Morgan fingerprint density at radius 2 is 2.04 bits per heavy atom. The first-order valence-electron chi connectivity index (χ1n) is 8.67. The molecule has 0 unspecified atom stereocenters. The summed E-state index contributed by atoms with van der Waals surface area (Å²) in [5, 5.41) is 12.7. The molecular weight excluding hydrogens is 360 g/mol. The molecule has 0 bridgehead atoms. The molecule has 0 atom stereocenters. The first-order valence-corrected chi connectivity index (χ1v) is 9.89. The SMILES string of the molecule is CSc1c(-c2n[nH]c(-c3ccco3)n2)c(N)nn1CCCc1ccccc1. The summed E-state index contributed by atoms with van der Waals surface area (Å²) < 4.78 is 7.31. The summed E-state index contributed by atoms with van der Waals surface area (Å²) in [5.74, 6) is 2.16. The van der Waals surface area contributed by atoms with Gasteiger partial charge in [-0.2, -0.15) is 10.2 Å². The minimum Gasteiger partial charge on any atom is -0.461 e. The van der Waals surface area contributed by atoms with Crippen LogP contribution in [0.3, 0.4) is 0 Å². The van der Waals surface area contributed by atoms with Gasteiger partial charge in [0.05, 0.1) is 11.8 Å². The van der Waals surface area contributed by atoms with Crippen LogP contribution in [0.2, 0.25) is 0 Å². The first kappa shape index (κ1) is 17.4. The number of benzene rings is 1. The first-order chi connectivity index (χ1) is 13.3. The van der Waals surface area contributed by atoms with Crippen LogP contribution >= 0.6 is 11.8 Å². The molecule has 1 aromatic carbocycles. The van der Waals surface area contributed by atoms with Crippen molar-refractivity contribution in [3.05, 3.63) is 54.3 Å². The summed E-state index contributed by atoms with van der Waals surface area (Å²) in [6, 6.07) is 14.1. The van der Waals surface area contributed by atoms with Crippen molar-refractivity contribution in [1.29, 1.82) is 0 Å². The molecule has 0 amide bonds. The Kier molecular flexibility index (Phi) is 4.97. The Hall–Kier alpha value is -3.00. The highest BCUT2D eigenvalue weighted by Gasteiger charge is 2.21. The molecule has 138 valence electrons. The molecular formula is C19H20N6OS. The summed E-state index contributed by atoms with van der Waals surface area (Å²) in [4.78, 5) is 4.53. The Balaban J connectivity index is 1.55. The number of H-pyrrole nitrogens is 1. The molecule has 3 heterocycles. The topological polar surface area (TPSA) is 98.6 Å². The monoisotopic (exact) mass is 380 g/mol. The number of furan rings is 1. The predicted molar refractivity (Wildman–Crippen MR) is 106 cm³/mol. The van der Waals surface area contributed by atoms with Crippen LogP contribution in [0.4, 0.5) is 5.82 Å². The number of aromatic nitrogens is 5. The molecule has 4 aromatic rings. The van der Waals surface area contributed by atoms with Gasteiger partial charge in [0.15, 0.2) is 23.2 Å². The Bertz CT molecular complexity index is 1010. The van der Waals surface area contributed by atoms with E-state index in [4.69, 9.17) is 10.2 Å². The largest absolute Gasteiger partial charge is 0.461 e.